The maximum Gasteiger partial charge on any atom is 0.346 e. The first-order valence-corrected chi connectivity index (χ1v) is 7.06. The van der Waals surface area contributed by atoms with Gasteiger partial charge in [0.1, 0.15) is 12.6 Å². The predicted octanol–water partition coefficient (Wildman–Crippen LogP) is -3.84. The van der Waals surface area contributed by atoms with Crippen LogP contribution in [0.25, 0.3) is 0 Å². The number of nitrogens with zero attached hydrogens (tertiary/aromatic N) is 2. The van der Waals surface area contributed by atoms with Gasteiger partial charge in [0, 0.05) is 12.8 Å². The summed E-state index contributed by atoms with van der Waals surface area (Å²) in [6, 6.07) is -1.21. The van der Waals surface area contributed by atoms with Crippen LogP contribution in [0.2, 0.25) is 0 Å². The summed E-state index contributed by atoms with van der Waals surface area (Å²) in [5.74, 6) is -2.71. The second-order valence-electron chi connectivity index (χ2n) is 6.03. The molecule has 0 radical (unpaired) electrons. The van der Waals surface area contributed by atoms with E-state index in [-0.39, 0.29) is 18.5 Å². The Morgan fingerprint density at radius 2 is 2.23 bits per heavy atom. The fourth-order valence-corrected chi connectivity index (χ4v) is 3.56. The number of aliphatic imine (C=N–C) groups is 1. The van der Waals surface area contributed by atoms with E-state index < -0.39 is 35.4 Å². The van der Waals surface area contributed by atoms with Gasteiger partial charge in [0.05, 0.1) is 6.54 Å². The molecule has 10 heteroatoms. The lowest BCUT2D eigenvalue weighted by Gasteiger charge is -2.43. The zero-order chi connectivity index (χ0) is 16.3. The molecule has 0 aliphatic carbocycles. The maximum atomic E-state index is 11.1. The first kappa shape index (κ1) is 14.9. The Morgan fingerprint density at radius 3 is 2.86 bits per heavy atom. The quantitative estimate of drug-likeness (QED) is 0.172. The van der Waals surface area contributed by atoms with Gasteiger partial charge in [0.25, 0.3) is 0 Å². The molecule has 0 saturated carbocycles. The molecule has 1 saturated heterocycles. The molecule has 1 fully saturated rings. The molecule has 4 atom stereocenters. The monoisotopic (exact) mass is 313 g/mol. The summed E-state index contributed by atoms with van der Waals surface area (Å²) >= 11 is 0. The number of rotatable bonds is 2. The minimum absolute atomic E-state index is 0.0147. The molecule has 122 valence electrons. The topological polar surface area (TPSA) is 158 Å². The number of ether oxygens (including phenoxy) is 1. The highest BCUT2D eigenvalue weighted by molar-refractivity contribution is 5.83. The van der Waals surface area contributed by atoms with Gasteiger partial charge in [-0.25, -0.2) is 9.57 Å². The van der Waals surface area contributed by atoms with E-state index >= 15 is 0 Å². The van der Waals surface area contributed by atoms with E-state index in [0.29, 0.717) is 6.54 Å². The standard InChI is InChI=1S/C12H20N6O4/c1-5-3-18-10(14)15-7(4-22-6(2)19)8-11(18,12(5,20)21)17-9(13)16-8/h5,7-8,20-21H,3-4H2,1-2H3,(H5,13,14,15,16,17)/p+1/t5-,7-,8-,11-/m0/s1. The van der Waals surface area contributed by atoms with Crippen LogP contribution in [0.15, 0.2) is 4.99 Å². The molecule has 0 amide bonds. The maximum absolute atomic E-state index is 11.1. The van der Waals surface area contributed by atoms with Crippen LogP contribution in [0.3, 0.4) is 0 Å². The average molecular weight is 313 g/mol. The van der Waals surface area contributed by atoms with Crippen molar-refractivity contribution in [2.45, 2.75) is 37.4 Å². The van der Waals surface area contributed by atoms with Crippen LogP contribution in [0, 0.1) is 5.92 Å². The molecule has 3 rings (SSSR count). The molecule has 0 aromatic heterocycles. The van der Waals surface area contributed by atoms with Gasteiger partial charge in [-0.3, -0.25) is 15.8 Å². The Labute approximate surface area is 126 Å². The lowest BCUT2D eigenvalue weighted by atomic mass is 9.84. The van der Waals surface area contributed by atoms with E-state index in [9.17, 15) is 15.0 Å². The van der Waals surface area contributed by atoms with Crippen molar-refractivity contribution in [1.82, 2.24) is 10.6 Å². The first-order chi connectivity index (χ1) is 10.2. The second kappa shape index (κ2) is 4.46. The molecule has 3 aliphatic rings. The van der Waals surface area contributed by atoms with Crippen molar-refractivity contribution in [3.05, 3.63) is 0 Å². The minimum Gasteiger partial charge on any atom is -0.462 e. The van der Waals surface area contributed by atoms with Crippen LogP contribution in [0.5, 0.6) is 0 Å². The third-order valence-corrected chi connectivity index (χ3v) is 4.63. The van der Waals surface area contributed by atoms with Crippen LogP contribution < -0.4 is 22.1 Å². The summed E-state index contributed by atoms with van der Waals surface area (Å²) in [5.41, 5.74) is 10.4. The Morgan fingerprint density at radius 1 is 1.55 bits per heavy atom. The summed E-state index contributed by atoms with van der Waals surface area (Å²) in [7, 11) is 0. The van der Waals surface area contributed by atoms with Crippen molar-refractivity contribution in [2.24, 2.45) is 22.4 Å². The minimum atomic E-state index is -2.11. The third-order valence-electron chi connectivity index (χ3n) is 4.63. The number of hydrogen-bond acceptors (Lipinski definition) is 9. The van der Waals surface area contributed by atoms with Crippen LogP contribution in [0.1, 0.15) is 13.8 Å². The van der Waals surface area contributed by atoms with Gasteiger partial charge >= 0.3 is 11.9 Å². The Hall–Kier alpha value is -2.07. The molecule has 8 N–H and O–H groups in total. The third kappa shape index (κ3) is 1.70. The largest absolute Gasteiger partial charge is 0.462 e. The van der Waals surface area contributed by atoms with Gasteiger partial charge in [0.2, 0.25) is 11.4 Å². The Kier molecular flexibility index (Phi) is 3.01. The number of nitrogens with two attached hydrogens (primary N) is 2. The van der Waals surface area contributed by atoms with Crippen molar-refractivity contribution in [3.8, 4) is 0 Å². The van der Waals surface area contributed by atoms with Gasteiger partial charge in [-0.05, 0) is 0 Å². The van der Waals surface area contributed by atoms with Gasteiger partial charge in [0.15, 0.2) is 12.0 Å². The normalized spacial score (nSPS) is 38.5. The van der Waals surface area contributed by atoms with Crippen molar-refractivity contribution in [2.75, 3.05) is 13.2 Å². The number of esters is 1. The fourth-order valence-electron chi connectivity index (χ4n) is 3.56. The molecule has 22 heavy (non-hydrogen) atoms. The van der Waals surface area contributed by atoms with Crippen LogP contribution in [-0.4, -0.2) is 69.4 Å². The Bertz CT molecular complexity index is 588. The lowest BCUT2D eigenvalue weighted by molar-refractivity contribution is -0.623. The van der Waals surface area contributed by atoms with E-state index in [4.69, 9.17) is 16.2 Å². The van der Waals surface area contributed by atoms with E-state index in [2.05, 4.69) is 15.6 Å². The molecule has 1 spiro atoms. The molecule has 0 bridgehead atoms. The Balaban J connectivity index is 2.05. The highest BCUT2D eigenvalue weighted by atomic mass is 16.5. The number of nitrogens with one attached hydrogen (secondary N) is 2. The number of hydrogen-bond donors (Lipinski definition) is 6. The first-order valence-electron chi connectivity index (χ1n) is 7.06. The number of guanidine groups is 2. The summed E-state index contributed by atoms with van der Waals surface area (Å²) in [6.45, 7) is 3.30. The van der Waals surface area contributed by atoms with Crippen LogP contribution in [0.4, 0.5) is 0 Å². The molecular weight excluding hydrogens is 292 g/mol. The van der Waals surface area contributed by atoms with E-state index in [1.807, 2.05) is 0 Å². The fraction of sp³-hybridized carbons (Fsp3) is 0.750. The summed E-state index contributed by atoms with van der Waals surface area (Å²) in [6.07, 6.45) is 0. The van der Waals surface area contributed by atoms with Gasteiger partial charge in [-0.15, -0.1) is 0 Å². The van der Waals surface area contributed by atoms with Crippen molar-refractivity contribution >= 4 is 17.9 Å². The highest BCUT2D eigenvalue weighted by Crippen LogP contribution is 2.43. The van der Waals surface area contributed by atoms with E-state index in [0.717, 1.165) is 0 Å². The number of aliphatic hydroxyl groups is 2. The predicted molar refractivity (Wildman–Crippen MR) is 75.5 cm³/mol. The van der Waals surface area contributed by atoms with Gasteiger partial charge < -0.3 is 26.0 Å². The summed E-state index contributed by atoms with van der Waals surface area (Å²) in [4.78, 5) is 15.3. The molecule has 0 aromatic rings. The van der Waals surface area contributed by atoms with Crippen molar-refractivity contribution < 1.29 is 24.3 Å². The zero-order valence-corrected chi connectivity index (χ0v) is 12.4. The summed E-state index contributed by atoms with van der Waals surface area (Å²) in [5, 5.41) is 27.2. The smallest absolute Gasteiger partial charge is 0.346 e. The van der Waals surface area contributed by atoms with E-state index in [1.165, 1.54) is 6.92 Å². The molecule has 0 unspecified atom stereocenters. The average Bonchev–Trinajstić information content (AvgIpc) is 2.86. The molecular formula is C12H21N6O4+. The van der Waals surface area contributed by atoms with Crippen molar-refractivity contribution in [1.29, 1.82) is 0 Å². The molecule has 3 aliphatic heterocycles. The highest BCUT2D eigenvalue weighted by Gasteiger charge is 2.73. The molecule has 0 aromatic carbocycles. The van der Waals surface area contributed by atoms with Gasteiger partial charge in [-0.1, -0.05) is 6.92 Å². The van der Waals surface area contributed by atoms with Crippen molar-refractivity contribution in [3.63, 3.8) is 0 Å². The number of carbonyl (C=O) groups excluding carboxylic acids is 1. The molecule has 10 nitrogen and oxygen atoms in total. The SMILES string of the molecule is CC(=O)OC[C@@H]1NC(N)=[N+]2C[C@H](C)C(O)(O)[C@@]23NC(N)=N[C@@H]13. The summed E-state index contributed by atoms with van der Waals surface area (Å²) < 4.78 is 6.64. The number of carbonyl (C=O) groups is 1. The molecule has 3 heterocycles. The van der Waals surface area contributed by atoms with Crippen LogP contribution >= 0.6 is 0 Å². The second-order valence-corrected chi connectivity index (χ2v) is 6.03. The van der Waals surface area contributed by atoms with Gasteiger partial charge in [-0.2, -0.15) is 0 Å². The van der Waals surface area contributed by atoms with E-state index in [1.54, 1.807) is 11.5 Å². The van der Waals surface area contributed by atoms with Crippen LogP contribution in [-0.2, 0) is 9.53 Å². The lowest BCUT2D eigenvalue weighted by Crippen LogP contribution is -2.78. The zero-order valence-electron chi connectivity index (χ0n) is 12.4.